The Morgan fingerprint density at radius 2 is 2.00 bits per heavy atom. The van der Waals surface area contributed by atoms with Gasteiger partial charge in [-0.1, -0.05) is 44.0 Å². The highest BCUT2D eigenvalue weighted by atomic mass is 35.5. The summed E-state index contributed by atoms with van der Waals surface area (Å²) in [5.41, 5.74) is 2.29. The maximum atomic E-state index is 13.7. The van der Waals surface area contributed by atoms with Crippen LogP contribution in [0.4, 0.5) is 5.82 Å². The molecule has 9 nitrogen and oxygen atoms in total. The second-order valence-electron chi connectivity index (χ2n) is 11.9. The Kier molecular flexibility index (Phi) is 7.41. The minimum absolute atomic E-state index is 0.0853. The first kappa shape index (κ1) is 27.2. The predicted molar refractivity (Wildman–Crippen MR) is 153 cm³/mol. The van der Waals surface area contributed by atoms with Crippen molar-refractivity contribution in [2.24, 2.45) is 0 Å². The monoisotopic (exact) mass is 560 g/mol. The van der Waals surface area contributed by atoms with E-state index in [1.165, 1.54) is 0 Å². The van der Waals surface area contributed by atoms with Crippen LogP contribution in [0.5, 0.6) is 0 Å². The van der Waals surface area contributed by atoms with Crippen molar-refractivity contribution < 1.29 is 4.79 Å². The largest absolute Gasteiger partial charge is 0.361 e. The van der Waals surface area contributed by atoms with E-state index in [0.717, 1.165) is 54.9 Å². The minimum Gasteiger partial charge on any atom is -0.361 e. The fourth-order valence-corrected chi connectivity index (χ4v) is 6.11. The van der Waals surface area contributed by atoms with Gasteiger partial charge in [0.05, 0.1) is 18.1 Å². The number of carbonyl (C=O) groups excluding carboxylic acids is 1. The van der Waals surface area contributed by atoms with Crippen LogP contribution in [-0.4, -0.2) is 80.8 Å². The van der Waals surface area contributed by atoms with Gasteiger partial charge in [-0.2, -0.15) is 5.10 Å². The van der Waals surface area contributed by atoms with Gasteiger partial charge in [-0.15, -0.1) is 0 Å². The van der Waals surface area contributed by atoms with E-state index >= 15 is 0 Å². The lowest BCUT2D eigenvalue weighted by atomic mass is 9.86. The predicted octanol–water partition coefficient (Wildman–Crippen LogP) is 4.67. The summed E-state index contributed by atoms with van der Waals surface area (Å²) in [5.74, 6) is 1.36. The molecule has 0 aliphatic carbocycles. The molecule has 3 aromatic rings. The second kappa shape index (κ2) is 10.3. The van der Waals surface area contributed by atoms with Crippen LogP contribution in [0.2, 0.25) is 10.2 Å². The molecule has 2 saturated heterocycles. The molecule has 1 atom stereocenters. The summed E-state index contributed by atoms with van der Waals surface area (Å²) in [6.45, 7) is 14.6. The zero-order valence-electron chi connectivity index (χ0n) is 23.0. The number of nitrogens with one attached hydrogen (secondary N) is 3. The van der Waals surface area contributed by atoms with Crippen molar-refractivity contribution in [1.82, 2.24) is 34.9 Å². The SMILES string of the molecule is CC(C)N1CCC(n2c(CNc3n[nH]c4cc(Cl)c(C(C)(C)C)cc34)nc(Cl)c2C(=O)N(C)C2CNC2)C1. The molecule has 0 radical (unpaired) electrons. The Hall–Kier alpha value is -2.33. The second-order valence-corrected chi connectivity index (χ2v) is 12.6. The molecule has 3 N–H and O–H groups in total. The number of fused-ring (bicyclic) bond motifs is 1. The van der Waals surface area contributed by atoms with Crippen LogP contribution >= 0.6 is 23.2 Å². The highest BCUT2D eigenvalue weighted by Crippen LogP contribution is 2.35. The zero-order chi connectivity index (χ0) is 27.4. The summed E-state index contributed by atoms with van der Waals surface area (Å²) in [7, 11) is 1.85. The van der Waals surface area contributed by atoms with Crippen molar-refractivity contribution in [3.05, 3.63) is 39.4 Å². The van der Waals surface area contributed by atoms with Crippen LogP contribution in [0.25, 0.3) is 10.9 Å². The van der Waals surface area contributed by atoms with Gasteiger partial charge in [-0.05, 0) is 43.4 Å². The van der Waals surface area contributed by atoms with E-state index in [-0.39, 0.29) is 28.6 Å². The van der Waals surface area contributed by atoms with Gasteiger partial charge in [0.1, 0.15) is 11.5 Å². The van der Waals surface area contributed by atoms with Crippen molar-refractivity contribution in [1.29, 1.82) is 0 Å². The molecule has 0 saturated carbocycles. The van der Waals surface area contributed by atoms with Crippen LogP contribution in [0.1, 0.15) is 69.0 Å². The summed E-state index contributed by atoms with van der Waals surface area (Å²) in [6.07, 6.45) is 0.936. The number of H-pyrrole nitrogens is 1. The number of aromatic amines is 1. The van der Waals surface area contributed by atoms with E-state index in [1.54, 1.807) is 4.90 Å². The fourth-order valence-electron chi connectivity index (χ4n) is 5.40. The summed E-state index contributed by atoms with van der Waals surface area (Å²) in [5, 5.41) is 16.2. The number of carbonyl (C=O) groups is 1. The number of likely N-dealkylation sites (N-methyl/N-ethyl adjacent to an activating group) is 1. The van der Waals surface area contributed by atoms with Gasteiger partial charge in [-0.3, -0.25) is 14.8 Å². The van der Waals surface area contributed by atoms with Gasteiger partial charge < -0.3 is 20.1 Å². The molecule has 0 bridgehead atoms. The number of rotatable bonds is 7. The van der Waals surface area contributed by atoms with Crippen LogP contribution in [0.3, 0.4) is 0 Å². The molecule has 38 heavy (non-hydrogen) atoms. The average molecular weight is 562 g/mol. The van der Waals surface area contributed by atoms with Gasteiger partial charge in [0.15, 0.2) is 11.0 Å². The van der Waals surface area contributed by atoms with Crippen molar-refractivity contribution >= 4 is 45.8 Å². The van der Waals surface area contributed by atoms with Gasteiger partial charge >= 0.3 is 0 Å². The Morgan fingerprint density at radius 3 is 2.61 bits per heavy atom. The van der Waals surface area contributed by atoms with E-state index in [1.807, 2.05) is 13.1 Å². The van der Waals surface area contributed by atoms with E-state index in [9.17, 15) is 4.79 Å². The number of amides is 1. The highest BCUT2D eigenvalue weighted by molar-refractivity contribution is 6.32. The molecule has 2 aromatic heterocycles. The number of halogens is 2. The molecule has 11 heteroatoms. The van der Waals surface area contributed by atoms with Gasteiger partial charge in [0.2, 0.25) is 0 Å². The standard InChI is InChI=1S/C27H38Cl2N8O/c1-15(2)36-8-7-16(14-36)37-22(32-24(29)23(37)26(38)35(6)17-11-30-12-17)13-31-25-18-9-19(27(3,4)5)20(28)10-21(18)33-34-25/h9-10,15-17,30H,7-8,11-14H2,1-6H3,(H2,31,33,34). The molecule has 2 aliphatic rings. The molecule has 2 fully saturated rings. The minimum atomic E-state index is -0.106. The highest BCUT2D eigenvalue weighted by Gasteiger charge is 2.35. The summed E-state index contributed by atoms with van der Waals surface area (Å²) in [4.78, 5) is 22.6. The summed E-state index contributed by atoms with van der Waals surface area (Å²) in [6, 6.07) is 4.73. The fraction of sp³-hybridized carbons (Fsp3) is 0.593. The molecular formula is C27H38Cl2N8O. The number of anilines is 1. The number of benzene rings is 1. The van der Waals surface area contributed by atoms with Crippen LogP contribution in [0, 0.1) is 0 Å². The third-order valence-corrected chi connectivity index (χ3v) is 8.51. The van der Waals surface area contributed by atoms with E-state index in [0.29, 0.717) is 29.1 Å². The molecule has 2 aliphatic heterocycles. The Balaban J connectivity index is 1.48. The van der Waals surface area contributed by atoms with Crippen molar-refractivity contribution in [2.75, 3.05) is 38.5 Å². The first-order chi connectivity index (χ1) is 18.0. The lowest BCUT2D eigenvalue weighted by Crippen LogP contribution is -2.57. The van der Waals surface area contributed by atoms with Gasteiger partial charge in [-0.25, -0.2) is 4.98 Å². The van der Waals surface area contributed by atoms with Crippen LogP contribution in [0.15, 0.2) is 12.1 Å². The normalized spacial score (nSPS) is 18.9. The van der Waals surface area contributed by atoms with Crippen molar-refractivity contribution in [3.8, 4) is 0 Å². The Bertz CT molecular complexity index is 1340. The first-order valence-electron chi connectivity index (χ1n) is 13.4. The maximum Gasteiger partial charge on any atom is 0.273 e. The van der Waals surface area contributed by atoms with Crippen molar-refractivity contribution in [3.63, 3.8) is 0 Å². The zero-order valence-corrected chi connectivity index (χ0v) is 24.5. The Labute approximate surface area is 234 Å². The van der Waals surface area contributed by atoms with E-state index < -0.39 is 0 Å². The molecule has 1 aromatic carbocycles. The number of imidazole rings is 1. The van der Waals surface area contributed by atoms with Gasteiger partial charge in [0.25, 0.3) is 5.91 Å². The maximum absolute atomic E-state index is 13.7. The molecule has 4 heterocycles. The number of hydrogen-bond acceptors (Lipinski definition) is 6. The summed E-state index contributed by atoms with van der Waals surface area (Å²) < 4.78 is 2.08. The molecule has 5 rings (SSSR count). The molecule has 1 unspecified atom stereocenters. The first-order valence-corrected chi connectivity index (χ1v) is 14.1. The van der Waals surface area contributed by atoms with Crippen LogP contribution in [-0.2, 0) is 12.0 Å². The van der Waals surface area contributed by atoms with Gasteiger partial charge in [0, 0.05) is 55.7 Å². The lowest BCUT2D eigenvalue weighted by molar-refractivity contribution is 0.0667. The number of aromatic nitrogens is 4. The number of hydrogen-bond donors (Lipinski definition) is 3. The number of nitrogens with zero attached hydrogens (tertiary/aromatic N) is 5. The molecule has 0 spiro atoms. The molecular weight excluding hydrogens is 523 g/mol. The van der Waals surface area contributed by atoms with Crippen molar-refractivity contribution in [2.45, 2.75) is 71.1 Å². The lowest BCUT2D eigenvalue weighted by Gasteiger charge is -2.36. The quantitative estimate of drug-likeness (QED) is 0.388. The number of likely N-dealkylation sites (tertiary alicyclic amines) is 1. The third-order valence-electron chi connectivity index (χ3n) is 7.93. The Morgan fingerprint density at radius 1 is 1.26 bits per heavy atom. The molecule has 1 amide bonds. The molecule has 206 valence electrons. The van der Waals surface area contributed by atoms with E-state index in [4.69, 9.17) is 28.2 Å². The third kappa shape index (κ3) is 5.01. The smallest absolute Gasteiger partial charge is 0.273 e. The summed E-state index contributed by atoms with van der Waals surface area (Å²) >= 11 is 13.3. The van der Waals surface area contributed by atoms with Crippen LogP contribution < -0.4 is 10.6 Å². The van der Waals surface area contributed by atoms with E-state index in [2.05, 4.69) is 71.0 Å². The topological polar surface area (TPSA) is 94.1 Å². The average Bonchev–Trinajstić information content (AvgIpc) is 3.51.